The Morgan fingerprint density at radius 3 is 2.89 bits per heavy atom. The molecule has 3 N–H and O–H groups in total. The Balaban J connectivity index is 2.07. The van der Waals surface area contributed by atoms with Gasteiger partial charge in [-0.05, 0) is 35.7 Å². The van der Waals surface area contributed by atoms with Crippen LogP contribution >= 0.6 is 22.9 Å². The Labute approximate surface area is 113 Å². The molecule has 0 spiro atoms. The highest BCUT2D eigenvalue weighted by molar-refractivity contribution is 7.10. The zero-order chi connectivity index (χ0) is 12.5. The van der Waals surface area contributed by atoms with Crippen LogP contribution in [0.5, 0.6) is 0 Å². The average molecular weight is 279 g/mol. The van der Waals surface area contributed by atoms with Gasteiger partial charge in [-0.25, -0.2) is 5.43 Å². The summed E-state index contributed by atoms with van der Waals surface area (Å²) in [5.41, 5.74) is 3.59. The first-order chi connectivity index (χ1) is 8.78. The lowest BCUT2D eigenvalue weighted by molar-refractivity contribution is 0.481. The van der Waals surface area contributed by atoms with Gasteiger partial charge in [0, 0.05) is 15.3 Å². The highest BCUT2D eigenvalue weighted by atomic mass is 35.5. The summed E-state index contributed by atoms with van der Waals surface area (Å²) in [5, 5.41) is 3.69. The molecule has 5 heteroatoms. The van der Waals surface area contributed by atoms with Crippen LogP contribution in [-0.4, -0.2) is 0 Å². The van der Waals surface area contributed by atoms with Crippen LogP contribution in [0.25, 0.3) is 11.0 Å². The maximum atomic E-state index is 5.96. The van der Waals surface area contributed by atoms with Crippen LogP contribution in [0, 0.1) is 0 Å². The van der Waals surface area contributed by atoms with Crippen LogP contribution in [0.3, 0.4) is 0 Å². The molecule has 0 aliphatic heterocycles. The first-order valence-electron chi connectivity index (χ1n) is 5.46. The van der Waals surface area contributed by atoms with Gasteiger partial charge in [-0.2, -0.15) is 0 Å². The molecule has 0 radical (unpaired) electrons. The van der Waals surface area contributed by atoms with Crippen molar-refractivity contribution in [3.8, 4) is 0 Å². The molecule has 3 rings (SSSR count). The van der Waals surface area contributed by atoms with Gasteiger partial charge in [-0.15, -0.1) is 11.3 Å². The Morgan fingerprint density at radius 2 is 2.17 bits per heavy atom. The molecular weight excluding hydrogens is 268 g/mol. The van der Waals surface area contributed by atoms with Crippen molar-refractivity contribution in [1.82, 2.24) is 5.43 Å². The van der Waals surface area contributed by atoms with E-state index in [0.717, 1.165) is 21.6 Å². The second kappa shape index (κ2) is 4.74. The monoisotopic (exact) mass is 278 g/mol. The van der Waals surface area contributed by atoms with E-state index in [2.05, 4.69) is 5.43 Å². The van der Waals surface area contributed by atoms with Crippen LogP contribution in [-0.2, 0) is 0 Å². The molecule has 2 heterocycles. The van der Waals surface area contributed by atoms with E-state index < -0.39 is 0 Å². The van der Waals surface area contributed by atoms with Crippen molar-refractivity contribution in [3.63, 3.8) is 0 Å². The van der Waals surface area contributed by atoms with Crippen molar-refractivity contribution in [2.24, 2.45) is 5.84 Å². The van der Waals surface area contributed by atoms with E-state index in [-0.39, 0.29) is 6.04 Å². The van der Waals surface area contributed by atoms with Crippen molar-refractivity contribution in [1.29, 1.82) is 0 Å². The molecule has 18 heavy (non-hydrogen) atoms. The maximum Gasteiger partial charge on any atom is 0.134 e. The average Bonchev–Trinajstić information content (AvgIpc) is 2.98. The molecule has 0 aliphatic carbocycles. The molecule has 0 saturated heterocycles. The predicted molar refractivity (Wildman–Crippen MR) is 74.7 cm³/mol. The summed E-state index contributed by atoms with van der Waals surface area (Å²) in [7, 11) is 0. The minimum Gasteiger partial charge on any atom is -0.459 e. The number of benzene rings is 1. The van der Waals surface area contributed by atoms with E-state index >= 15 is 0 Å². The third-order valence-corrected chi connectivity index (χ3v) is 3.95. The highest BCUT2D eigenvalue weighted by Gasteiger charge is 2.18. The normalized spacial score (nSPS) is 13.0. The Bertz CT molecular complexity index is 663. The minimum absolute atomic E-state index is 0.129. The van der Waals surface area contributed by atoms with Crippen molar-refractivity contribution < 1.29 is 4.42 Å². The van der Waals surface area contributed by atoms with Gasteiger partial charge in [0.05, 0.1) is 0 Å². The standard InChI is InChI=1S/C13H11ClN2OS/c14-9-3-4-10-8(6-9)7-11(17-10)13(16-15)12-2-1-5-18-12/h1-7,13,16H,15H2. The Hall–Kier alpha value is -1.33. The lowest BCUT2D eigenvalue weighted by Gasteiger charge is -2.10. The van der Waals surface area contributed by atoms with Gasteiger partial charge in [0.2, 0.25) is 0 Å². The summed E-state index contributed by atoms with van der Waals surface area (Å²) in [6, 6.07) is 11.4. The van der Waals surface area contributed by atoms with Gasteiger partial charge in [0.1, 0.15) is 17.4 Å². The first kappa shape index (κ1) is 11.7. The summed E-state index contributed by atoms with van der Waals surface area (Å²) in [6.07, 6.45) is 0. The molecule has 0 saturated carbocycles. The SMILES string of the molecule is NNC(c1cc2cc(Cl)ccc2o1)c1cccs1. The topological polar surface area (TPSA) is 51.2 Å². The zero-order valence-electron chi connectivity index (χ0n) is 9.39. The van der Waals surface area contributed by atoms with Gasteiger partial charge in [0.25, 0.3) is 0 Å². The Morgan fingerprint density at radius 1 is 1.28 bits per heavy atom. The largest absolute Gasteiger partial charge is 0.459 e. The van der Waals surface area contributed by atoms with Crippen LogP contribution < -0.4 is 11.3 Å². The lowest BCUT2D eigenvalue weighted by Crippen LogP contribution is -2.27. The van der Waals surface area contributed by atoms with Crippen molar-refractivity contribution in [3.05, 3.63) is 57.4 Å². The number of halogens is 1. The molecule has 0 aliphatic rings. The summed E-state index contributed by atoms with van der Waals surface area (Å²) in [4.78, 5) is 1.11. The van der Waals surface area contributed by atoms with Crippen LogP contribution in [0.2, 0.25) is 5.02 Å². The van der Waals surface area contributed by atoms with Crippen molar-refractivity contribution in [2.45, 2.75) is 6.04 Å². The first-order valence-corrected chi connectivity index (χ1v) is 6.72. The second-order valence-corrected chi connectivity index (χ2v) is 5.36. The van der Waals surface area contributed by atoms with Gasteiger partial charge in [-0.3, -0.25) is 5.84 Å². The molecule has 1 unspecified atom stereocenters. The van der Waals surface area contributed by atoms with E-state index in [1.165, 1.54) is 0 Å². The predicted octanol–water partition coefficient (Wildman–Crippen LogP) is 3.70. The number of fused-ring (bicyclic) bond motifs is 1. The Kier molecular flexibility index (Phi) is 3.09. The van der Waals surface area contributed by atoms with Gasteiger partial charge < -0.3 is 4.42 Å². The third kappa shape index (κ3) is 2.04. The number of thiophene rings is 1. The summed E-state index contributed by atoms with van der Waals surface area (Å²) < 4.78 is 5.81. The fourth-order valence-electron chi connectivity index (χ4n) is 1.94. The highest BCUT2D eigenvalue weighted by Crippen LogP contribution is 2.31. The fourth-order valence-corrected chi connectivity index (χ4v) is 2.91. The van der Waals surface area contributed by atoms with E-state index in [0.29, 0.717) is 5.02 Å². The molecule has 0 fully saturated rings. The molecule has 1 atom stereocenters. The van der Waals surface area contributed by atoms with E-state index in [1.54, 1.807) is 11.3 Å². The van der Waals surface area contributed by atoms with Crippen LogP contribution in [0.15, 0.2) is 46.2 Å². The van der Waals surface area contributed by atoms with Gasteiger partial charge in [-0.1, -0.05) is 17.7 Å². The fraction of sp³-hybridized carbons (Fsp3) is 0.0769. The smallest absolute Gasteiger partial charge is 0.134 e. The number of nitrogens with two attached hydrogens (primary N) is 1. The molecule has 3 nitrogen and oxygen atoms in total. The van der Waals surface area contributed by atoms with Gasteiger partial charge in [0.15, 0.2) is 0 Å². The van der Waals surface area contributed by atoms with E-state index in [9.17, 15) is 0 Å². The molecule has 0 bridgehead atoms. The molecule has 3 aromatic rings. The quantitative estimate of drug-likeness (QED) is 0.567. The number of rotatable bonds is 3. The number of hydrogen-bond acceptors (Lipinski definition) is 4. The van der Waals surface area contributed by atoms with Crippen molar-refractivity contribution >= 4 is 33.9 Å². The number of hydrogen-bond donors (Lipinski definition) is 2. The lowest BCUT2D eigenvalue weighted by atomic mass is 10.2. The summed E-state index contributed by atoms with van der Waals surface area (Å²) in [6.45, 7) is 0. The van der Waals surface area contributed by atoms with E-state index in [4.69, 9.17) is 21.9 Å². The summed E-state index contributed by atoms with van der Waals surface area (Å²) in [5.74, 6) is 6.41. The van der Waals surface area contributed by atoms with Crippen LogP contribution in [0.1, 0.15) is 16.7 Å². The number of hydrazine groups is 1. The number of furan rings is 1. The second-order valence-electron chi connectivity index (χ2n) is 3.95. The van der Waals surface area contributed by atoms with Crippen LogP contribution in [0.4, 0.5) is 0 Å². The molecule has 2 aromatic heterocycles. The number of nitrogens with one attached hydrogen (secondary N) is 1. The zero-order valence-corrected chi connectivity index (χ0v) is 11.0. The van der Waals surface area contributed by atoms with Crippen molar-refractivity contribution in [2.75, 3.05) is 0 Å². The third-order valence-electron chi connectivity index (χ3n) is 2.78. The summed E-state index contributed by atoms with van der Waals surface area (Å²) >= 11 is 7.60. The molecule has 1 aromatic carbocycles. The van der Waals surface area contributed by atoms with Gasteiger partial charge >= 0.3 is 0 Å². The molecule has 0 amide bonds. The molecule has 92 valence electrons. The van der Waals surface area contributed by atoms with E-state index in [1.807, 2.05) is 41.8 Å². The maximum absolute atomic E-state index is 5.96. The minimum atomic E-state index is -0.129. The molecular formula is C13H11ClN2OS.